The molecular formula is C15H23N3O. The highest BCUT2D eigenvalue weighted by Crippen LogP contribution is 2.23. The van der Waals surface area contributed by atoms with Gasteiger partial charge < -0.3 is 15.0 Å². The molecule has 1 aliphatic carbocycles. The summed E-state index contributed by atoms with van der Waals surface area (Å²) in [7, 11) is 1.78. The molecule has 4 heteroatoms. The first-order valence-electron chi connectivity index (χ1n) is 7.27. The molecule has 19 heavy (non-hydrogen) atoms. The average Bonchev–Trinajstić information content (AvgIpc) is 3.16. The number of nitrogens with one attached hydrogen (secondary N) is 1. The summed E-state index contributed by atoms with van der Waals surface area (Å²) >= 11 is 0. The van der Waals surface area contributed by atoms with Gasteiger partial charge in [-0.3, -0.25) is 0 Å². The number of pyridine rings is 1. The topological polar surface area (TPSA) is 37.4 Å². The molecule has 1 atom stereocenters. The van der Waals surface area contributed by atoms with E-state index in [1.807, 2.05) is 6.20 Å². The fourth-order valence-electron chi connectivity index (χ4n) is 2.67. The monoisotopic (exact) mass is 261 g/mol. The summed E-state index contributed by atoms with van der Waals surface area (Å²) in [5.74, 6) is 1.76. The van der Waals surface area contributed by atoms with Gasteiger partial charge in [0.15, 0.2) is 0 Å². The number of hydrogen-bond donors (Lipinski definition) is 1. The quantitative estimate of drug-likeness (QED) is 0.847. The van der Waals surface area contributed by atoms with Crippen LogP contribution in [0.25, 0.3) is 0 Å². The second kappa shape index (κ2) is 5.88. The van der Waals surface area contributed by atoms with Crippen molar-refractivity contribution in [3.63, 3.8) is 0 Å². The molecule has 1 unspecified atom stereocenters. The van der Waals surface area contributed by atoms with Crippen LogP contribution < -0.4 is 10.2 Å². The zero-order valence-electron chi connectivity index (χ0n) is 11.6. The number of nitrogens with zero attached hydrogens (tertiary/aromatic N) is 2. The van der Waals surface area contributed by atoms with Crippen molar-refractivity contribution in [1.29, 1.82) is 0 Å². The van der Waals surface area contributed by atoms with Gasteiger partial charge in [-0.2, -0.15) is 0 Å². The zero-order valence-corrected chi connectivity index (χ0v) is 11.6. The van der Waals surface area contributed by atoms with E-state index in [2.05, 4.69) is 27.3 Å². The maximum absolute atomic E-state index is 5.23. The molecule has 1 N–H and O–H groups in total. The van der Waals surface area contributed by atoms with Gasteiger partial charge in [0.1, 0.15) is 5.82 Å². The van der Waals surface area contributed by atoms with Crippen molar-refractivity contribution < 1.29 is 4.74 Å². The Kier molecular flexibility index (Phi) is 3.99. The van der Waals surface area contributed by atoms with Crippen LogP contribution in [0.1, 0.15) is 24.8 Å². The SMILES string of the molecule is COCC1CCN(c2ccc(CNC3CC3)cn2)C1. The van der Waals surface area contributed by atoms with Crippen molar-refractivity contribution in [1.82, 2.24) is 10.3 Å². The molecule has 2 fully saturated rings. The largest absolute Gasteiger partial charge is 0.384 e. The van der Waals surface area contributed by atoms with Crippen molar-refractivity contribution in [3.05, 3.63) is 23.9 Å². The van der Waals surface area contributed by atoms with Crippen LogP contribution in [0.5, 0.6) is 0 Å². The number of anilines is 1. The third-order valence-corrected chi connectivity index (χ3v) is 3.99. The first-order valence-corrected chi connectivity index (χ1v) is 7.27. The van der Waals surface area contributed by atoms with E-state index in [0.29, 0.717) is 5.92 Å². The lowest BCUT2D eigenvalue weighted by Crippen LogP contribution is -2.22. The molecule has 1 saturated heterocycles. The summed E-state index contributed by atoms with van der Waals surface area (Å²) in [5.41, 5.74) is 1.28. The Hall–Kier alpha value is -1.13. The van der Waals surface area contributed by atoms with Gasteiger partial charge in [-0.15, -0.1) is 0 Å². The van der Waals surface area contributed by atoms with Crippen LogP contribution in [-0.4, -0.2) is 37.8 Å². The molecule has 1 aromatic rings. The van der Waals surface area contributed by atoms with Gasteiger partial charge in [0.2, 0.25) is 0 Å². The third kappa shape index (κ3) is 3.45. The second-order valence-corrected chi connectivity index (χ2v) is 5.74. The summed E-state index contributed by atoms with van der Waals surface area (Å²) in [4.78, 5) is 6.96. The maximum atomic E-state index is 5.23. The van der Waals surface area contributed by atoms with E-state index in [1.54, 1.807) is 7.11 Å². The number of ether oxygens (including phenoxy) is 1. The van der Waals surface area contributed by atoms with E-state index in [-0.39, 0.29) is 0 Å². The van der Waals surface area contributed by atoms with E-state index in [0.717, 1.165) is 38.1 Å². The Bertz CT molecular complexity index is 402. The lowest BCUT2D eigenvalue weighted by Gasteiger charge is -2.17. The highest BCUT2D eigenvalue weighted by atomic mass is 16.5. The Morgan fingerprint density at radius 2 is 2.26 bits per heavy atom. The van der Waals surface area contributed by atoms with E-state index in [4.69, 9.17) is 4.74 Å². The standard InChI is InChI=1S/C15H23N3O/c1-19-11-13-6-7-18(10-13)15-5-2-12(9-17-15)8-16-14-3-4-14/h2,5,9,13-14,16H,3-4,6-8,10-11H2,1H3. The molecule has 0 bridgehead atoms. The Labute approximate surface area is 115 Å². The molecule has 1 aromatic heterocycles. The van der Waals surface area contributed by atoms with Crippen molar-refractivity contribution in [2.45, 2.75) is 31.8 Å². The van der Waals surface area contributed by atoms with Gasteiger partial charge in [-0.1, -0.05) is 6.07 Å². The molecule has 2 aliphatic rings. The lowest BCUT2D eigenvalue weighted by molar-refractivity contribution is 0.161. The summed E-state index contributed by atoms with van der Waals surface area (Å²) in [6, 6.07) is 5.11. The van der Waals surface area contributed by atoms with Gasteiger partial charge in [0, 0.05) is 44.9 Å². The number of methoxy groups -OCH3 is 1. The van der Waals surface area contributed by atoms with Crippen LogP contribution in [-0.2, 0) is 11.3 Å². The Balaban J connectivity index is 1.53. The summed E-state index contributed by atoms with van der Waals surface area (Å²) in [6.45, 7) is 3.98. The minimum atomic E-state index is 0.656. The van der Waals surface area contributed by atoms with Gasteiger partial charge in [0.25, 0.3) is 0 Å². The normalized spacial score (nSPS) is 23.0. The molecule has 0 amide bonds. The molecule has 1 aliphatic heterocycles. The first-order chi connectivity index (χ1) is 9.35. The molecule has 0 radical (unpaired) electrons. The van der Waals surface area contributed by atoms with Crippen molar-refractivity contribution >= 4 is 5.82 Å². The van der Waals surface area contributed by atoms with Crippen molar-refractivity contribution in [3.8, 4) is 0 Å². The van der Waals surface area contributed by atoms with E-state index < -0.39 is 0 Å². The van der Waals surface area contributed by atoms with Crippen LogP contribution in [0, 0.1) is 5.92 Å². The fraction of sp³-hybridized carbons (Fsp3) is 0.667. The summed E-state index contributed by atoms with van der Waals surface area (Å²) < 4.78 is 5.23. The zero-order chi connectivity index (χ0) is 13.1. The average molecular weight is 261 g/mol. The van der Waals surface area contributed by atoms with Gasteiger partial charge in [-0.05, 0) is 30.9 Å². The van der Waals surface area contributed by atoms with Crippen LogP contribution in [0.15, 0.2) is 18.3 Å². The fourth-order valence-corrected chi connectivity index (χ4v) is 2.67. The number of hydrogen-bond acceptors (Lipinski definition) is 4. The van der Waals surface area contributed by atoms with Crippen molar-refractivity contribution in [2.24, 2.45) is 5.92 Å². The van der Waals surface area contributed by atoms with E-state index >= 15 is 0 Å². The van der Waals surface area contributed by atoms with Gasteiger partial charge in [-0.25, -0.2) is 4.98 Å². The number of rotatable bonds is 6. The first kappa shape index (κ1) is 12.9. The molecule has 104 valence electrons. The van der Waals surface area contributed by atoms with Crippen LogP contribution in [0.2, 0.25) is 0 Å². The molecule has 4 nitrogen and oxygen atoms in total. The number of aromatic nitrogens is 1. The second-order valence-electron chi connectivity index (χ2n) is 5.74. The molecule has 2 heterocycles. The van der Waals surface area contributed by atoms with Crippen molar-refractivity contribution in [2.75, 3.05) is 31.7 Å². The Morgan fingerprint density at radius 1 is 1.37 bits per heavy atom. The van der Waals surface area contributed by atoms with E-state index in [1.165, 1.54) is 24.8 Å². The lowest BCUT2D eigenvalue weighted by atomic mass is 10.1. The minimum absolute atomic E-state index is 0.656. The summed E-state index contributed by atoms with van der Waals surface area (Å²) in [6.07, 6.45) is 5.88. The van der Waals surface area contributed by atoms with E-state index in [9.17, 15) is 0 Å². The third-order valence-electron chi connectivity index (χ3n) is 3.99. The Morgan fingerprint density at radius 3 is 2.95 bits per heavy atom. The van der Waals surface area contributed by atoms with Gasteiger partial charge in [0.05, 0.1) is 6.61 Å². The van der Waals surface area contributed by atoms with Crippen LogP contribution in [0.4, 0.5) is 5.82 Å². The molecule has 0 spiro atoms. The predicted molar refractivity (Wildman–Crippen MR) is 76.3 cm³/mol. The molecule has 3 rings (SSSR count). The minimum Gasteiger partial charge on any atom is -0.384 e. The van der Waals surface area contributed by atoms with Crippen LogP contribution in [0.3, 0.4) is 0 Å². The molecule has 1 saturated carbocycles. The molecular weight excluding hydrogens is 238 g/mol. The van der Waals surface area contributed by atoms with Gasteiger partial charge >= 0.3 is 0 Å². The summed E-state index contributed by atoms with van der Waals surface area (Å²) in [5, 5.41) is 3.52. The maximum Gasteiger partial charge on any atom is 0.128 e. The highest BCUT2D eigenvalue weighted by Gasteiger charge is 2.23. The highest BCUT2D eigenvalue weighted by molar-refractivity contribution is 5.40. The molecule has 0 aromatic carbocycles. The predicted octanol–water partition coefficient (Wildman–Crippen LogP) is 1.81. The smallest absolute Gasteiger partial charge is 0.128 e. The van der Waals surface area contributed by atoms with Crippen LogP contribution >= 0.6 is 0 Å².